The Bertz CT molecular complexity index is 1010. The Balaban J connectivity index is 2.05. The third kappa shape index (κ3) is 19.0. The Morgan fingerprint density at radius 3 is 1.65 bits per heavy atom. The molecule has 0 aliphatic heterocycles. The fourth-order valence-electron chi connectivity index (χ4n) is 3.75. The van der Waals surface area contributed by atoms with Crippen LogP contribution in [0.4, 0.5) is 0 Å². The number of hydrogen-bond donors (Lipinski definition) is 2. The predicted octanol–water partition coefficient (Wildman–Crippen LogP) is 8.62. The highest BCUT2D eigenvalue weighted by atomic mass is 35.5. The monoisotopic (exact) mass is 564 g/mol. The molecule has 0 aromatic heterocycles. The third-order valence-electron chi connectivity index (χ3n) is 6.04. The van der Waals surface area contributed by atoms with Crippen molar-refractivity contribution in [1.82, 2.24) is 10.6 Å². The lowest BCUT2D eigenvalue weighted by Gasteiger charge is -2.23. The van der Waals surface area contributed by atoms with Crippen molar-refractivity contribution in [2.75, 3.05) is 13.1 Å². The highest BCUT2D eigenvalue weighted by Gasteiger charge is 2.27. The van der Waals surface area contributed by atoms with Gasteiger partial charge in [0.15, 0.2) is 0 Å². The Hall–Kier alpha value is -3.11. The fourth-order valence-corrected chi connectivity index (χ4v) is 3.88. The van der Waals surface area contributed by atoms with E-state index in [0.717, 1.165) is 44.1 Å². The molecule has 0 unspecified atom stereocenters. The first-order valence-electron chi connectivity index (χ1n) is 14.5. The molecule has 2 N–H and O–H groups in total. The summed E-state index contributed by atoms with van der Waals surface area (Å²) >= 11 is 5.94. The van der Waals surface area contributed by atoms with Crippen LogP contribution in [0.1, 0.15) is 77.7 Å². The molecule has 1 aromatic rings. The second-order valence-electron chi connectivity index (χ2n) is 10.2. The molecule has 2 amide bonds. The van der Waals surface area contributed by atoms with Crippen molar-refractivity contribution >= 4 is 23.4 Å². The van der Waals surface area contributed by atoms with Crippen LogP contribution in [-0.2, 0) is 16.0 Å². The number of allylic oxidation sites excluding steroid dienone is 12. The van der Waals surface area contributed by atoms with Gasteiger partial charge in [0.1, 0.15) is 0 Å². The van der Waals surface area contributed by atoms with Gasteiger partial charge in [0.25, 0.3) is 0 Å². The van der Waals surface area contributed by atoms with Crippen LogP contribution >= 0.6 is 11.6 Å². The number of benzene rings is 1. The number of rotatable bonds is 20. The number of hydrogen-bond acceptors (Lipinski definition) is 2. The smallest absolute Gasteiger partial charge is 0.226 e. The minimum Gasteiger partial charge on any atom is -0.354 e. The molecule has 1 rings (SSSR count). The van der Waals surface area contributed by atoms with Crippen LogP contribution in [-0.4, -0.2) is 24.9 Å². The Morgan fingerprint density at radius 2 is 1.15 bits per heavy atom. The number of halogens is 1. The number of amides is 2. The molecule has 5 heteroatoms. The average Bonchev–Trinajstić information content (AvgIpc) is 2.93. The van der Waals surface area contributed by atoms with Crippen LogP contribution in [0.25, 0.3) is 0 Å². The zero-order valence-corrected chi connectivity index (χ0v) is 25.5. The molecular formula is C35H49ClN2O2. The van der Waals surface area contributed by atoms with Gasteiger partial charge in [-0.3, -0.25) is 9.59 Å². The third-order valence-corrected chi connectivity index (χ3v) is 6.29. The molecule has 1 aromatic carbocycles. The van der Waals surface area contributed by atoms with E-state index in [1.807, 2.05) is 44.2 Å². The Morgan fingerprint density at radius 1 is 0.700 bits per heavy atom. The fraction of sp³-hybridized carbons (Fsp3) is 0.429. The summed E-state index contributed by atoms with van der Waals surface area (Å²) in [7, 11) is 0. The summed E-state index contributed by atoms with van der Waals surface area (Å²) < 4.78 is 0. The lowest BCUT2D eigenvalue weighted by molar-refractivity contribution is -0.129. The summed E-state index contributed by atoms with van der Waals surface area (Å²) in [6.45, 7) is 6.82. The summed E-state index contributed by atoms with van der Waals surface area (Å²) in [5, 5.41) is 6.48. The van der Waals surface area contributed by atoms with E-state index < -0.39 is 5.41 Å². The molecule has 0 aliphatic rings. The van der Waals surface area contributed by atoms with E-state index in [0.29, 0.717) is 37.4 Å². The molecule has 0 bridgehead atoms. The van der Waals surface area contributed by atoms with Crippen molar-refractivity contribution in [1.29, 1.82) is 0 Å². The van der Waals surface area contributed by atoms with Crippen LogP contribution in [0.5, 0.6) is 0 Å². The zero-order chi connectivity index (χ0) is 29.3. The standard InChI is InChI=1S/C35H49ClN2O2/c1-4-5-6-7-8-9-10-11-12-13-14-15-16-17-18-19-20-21-22-23-33(39)37-28-29-38-34(40)35(2,3)30-31-24-26-32(36)27-25-31/h5-6,8-9,11-12,14-15,17-18,20-21,24-27H,4,7,10,13,16,19,22-23,28-30H2,1-3H3,(H,37,39)(H,38,40)/b6-5-,9-8-,12-11-,15-14-,18-17-,21-20-. The van der Waals surface area contributed by atoms with E-state index in [4.69, 9.17) is 11.6 Å². The van der Waals surface area contributed by atoms with E-state index in [-0.39, 0.29) is 11.8 Å². The van der Waals surface area contributed by atoms with Crippen LogP contribution in [0.15, 0.2) is 97.2 Å². The summed E-state index contributed by atoms with van der Waals surface area (Å²) in [5.41, 5.74) is 0.514. The normalized spacial score (nSPS) is 12.7. The maximum Gasteiger partial charge on any atom is 0.226 e. The van der Waals surface area contributed by atoms with E-state index in [1.165, 1.54) is 0 Å². The Labute approximate surface area is 248 Å². The first-order valence-corrected chi connectivity index (χ1v) is 14.9. The summed E-state index contributed by atoms with van der Waals surface area (Å²) in [6, 6.07) is 7.55. The Kier molecular flexibility index (Phi) is 19.8. The van der Waals surface area contributed by atoms with Gasteiger partial charge in [-0.25, -0.2) is 0 Å². The molecule has 0 aliphatic carbocycles. The van der Waals surface area contributed by atoms with Gasteiger partial charge in [-0.1, -0.05) is 117 Å². The second-order valence-corrected chi connectivity index (χ2v) is 10.7. The molecule has 218 valence electrons. The molecule has 0 atom stereocenters. The first-order chi connectivity index (χ1) is 19.3. The number of carbonyl (C=O) groups excluding carboxylic acids is 2. The van der Waals surface area contributed by atoms with Crippen LogP contribution in [0, 0.1) is 5.41 Å². The second kappa shape index (κ2) is 22.7. The quantitative estimate of drug-likeness (QED) is 0.123. The molecule has 0 heterocycles. The average molecular weight is 565 g/mol. The topological polar surface area (TPSA) is 58.2 Å². The molecule has 40 heavy (non-hydrogen) atoms. The van der Waals surface area contributed by atoms with Crippen molar-refractivity contribution < 1.29 is 9.59 Å². The highest BCUT2D eigenvalue weighted by Crippen LogP contribution is 2.23. The molecule has 0 spiro atoms. The van der Waals surface area contributed by atoms with E-state index >= 15 is 0 Å². The minimum atomic E-state index is -0.548. The molecule has 0 saturated carbocycles. The first kappa shape index (κ1) is 34.9. The van der Waals surface area contributed by atoms with Crippen molar-refractivity contribution in [3.05, 3.63) is 108 Å². The highest BCUT2D eigenvalue weighted by molar-refractivity contribution is 6.30. The molecule has 0 radical (unpaired) electrons. The molecular weight excluding hydrogens is 516 g/mol. The molecule has 0 saturated heterocycles. The van der Waals surface area contributed by atoms with Gasteiger partial charge >= 0.3 is 0 Å². The maximum absolute atomic E-state index is 12.6. The van der Waals surface area contributed by atoms with E-state index in [2.05, 4.69) is 84.4 Å². The van der Waals surface area contributed by atoms with Gasteiger partial charge in [0.05, 0.1) is 0 Å². The predicted molar refractivity (Wildman–Crippen MR) is 172 cm³/mol. The summed E-state index contributed by atoms with van der Waals surface area (Å²) in [6.07, 6.45) is 33.7. The molecule has 0 fully saturated rings. The van der Waals surface area contributed by atoms with Gasteiger partial charge in [0.2, 0.25) is 11.8 Å². The largest absolute Gasteiger partial charge is 0.354 e. The SMILES string of the molecule is CC/C=C\C/C=C\C/C=C\C/C=C\C/C=C\C/C=C\CCC(=O)NCCNC(=O)C(C)(C)Cc1ccc(Cl)cc1. The van der Waals surface area contributed by atoms with Gasteiger partial charge in [-0.2, -0.15) is 0 Å². The van der Waals surface area contributed by atoms with Gasteiger partial charge in [0, 0.05) is 29.9 Å². The van der Waals surface area contributed by atoms with E-state index in [1.54, 1.807) is 0 Å². The molecule has 4 nitrogen and oxygen atoms in total. The number of nitrogens with one attached hydrogen (secondary N) is 2. The van der Waals surface area contributed by atoms with Crippen molar-refractivity contribution in [3.63, 3.8) is 0 Å². The van der Waals surface area contributed by atoms with Crippen LogP contribution in [0.2, 0.25) is 5.02 Å². The minimum absolute atomic E-state index is 0.00537. The van der Waals surface area contributed by atoms with Crippen molar-refractivity contribution in [2.45, 2.75) is 78.6 Å². The maximum atomic E-state index is 12.6. The van der Waals surface area contributed by atoms with Crippen molar-refractivity contribution in [2.24, 2.45) is 5.41 Å². The van der Waals surface area contributed by atoms with Gasteiger partial charge in [-0.05, 0) is 69.1 Å². The van der Waals surface area contributed by atoms with Crippen molar-refractivity contribution in [3.8, 4) is 0 Å². The van der Waals surface area contributed by atoms with Gasteiger partial charge < -0.3 is 10.6 Å². The van der Waals surface area contributed by atoms with Crippen LogP contribution < -0.4 is 10.6 Å². The van der Waals surface area contributed by atoms with E-state index in [9.17, 15) is 9.59 Å². The summed E-state index contributed by atoms with van der Waals surface area (Å²) in [4.78, 5) is 24.6. The lowest BCUT2D eigenvalue weighted by Crippen LogP contribution is -2.42. The summed E-state index contributed by atoms with van der Waals surface area (Å²) in [5.74, 6) is -0.0381. The number of carbonyl (C=O) groups is 2. The van der Waals surface area contributed by atoms with Gasteiger partial charge in [-0.15, -0.1) is 0 Å². The lowest BCUT2D eigenvalue weighted by atomic mass is 9.85. The zero-order valence-electron chi connectivity index (χ0n) is 24.7. The van der Waals surface area contributed by atoms with Crippen LogP contribution in [0.3, 0.4) is 0 Å².